The normalized spacial score (nSPS) is 36.9. The molecule has 0 radical (unpaired) electrons. The SMILES string of the molecule is C[C@H]1CC/C=C2/CCCCC[C@H]2CC1=O. The summed E-state index contributed by atoms with van der Waals surface area (Å²) in [7, 11) is 0. The Balaban J connectivity index is 2.13. The second-order valence-electron chi connectivity index (χ2n) is 5.22. The largest absolute Gasteiger partial charge is 0.299 e. The van der Waals surface area contributed by atoms with Gasteiger partial charge in [-0.05, 0) is 38.0 Å². The van der Waals surface area contributed by atoms with Crippen LogP contribution in [0.5, 0.6) is 0 Å². The Bertz CT molecular complexity index is 265. The summed E-state index contributed by atoms with van der Waals surface area (Å²) in [5.41, 5.74) is 1.60. The lowest BCUT2D eigenvalue weighted by molar-refractivity contribution is -0.123. The fraction of sp³-hybridized carbons (Fsp3) is 0.786. The minimum atomic E-state index is 0.297. The molecule has 0 aromatic rings. The number of allylic oxidation sites excluding steroid dienone is 2. The second-order valence-corrected chi connectivity index (χ2v) is 5.22. The molecule has 0 N–H and O–H groups in total. The first kappa shape index (κ1) is 10.9. The van der Waals surface area contributed by atoms with Crippen LogP contribution in [-0.4, -0.2) is 5.78 Å². The molecule has 2 atom stereocenters. The van der Waals surface area contributed by atoms with E-state index in [1.165, 1.54) is 32.1 Å². The molecule has 0 amide bonds. The predicted molar refractivity (Wildman–Crippen MR) is 62.7 cm³/mol. The Morgan fingerprint density at radius 1 is 1.20 bits per heavy atom. The van der Waals surface area contributed by atoms with Crippen molar-refractivity contribution in [3.05, 3.63) is 11.6 Å². The van der Waals surface area contributed by atoms with E-state index in [0.29, 0.717) is 17.6 Å². The van der Waals surface area contributed by atoms with Gasteiger partial charge in [0.15, 0.2) is 0 Å². The number of carbonyl (C=O) groups is 1. The van der Waals surface area contributed by atoms with Gasteiger partial charge in [-0.1, -0.05) is 31.4 Å². The summed E-state index contributed by atoms with van der Waals surface area (Å²) in [4.78, 5) is 11.9. The van der Waals surface area contributed by atoms with E-state index >= 15 is 0 Å². The van der Waals surface area contributed by atoms with Gasteiger partial charge in [-0.25, -0.2) is 0 Å². The third-order valence-electron chi connectivity index (χ3n) is 4.05. The van der Waals surface area contributed by atoms with Crippen LogP contribution in [0.4, 0.5) is 0 Å². The molecule has 1 nitrogen and oxygen atoms in total. The zero-order valence-corrected chi connectivity index (χ0v) is 9.80. The molecular weight excluding hydrogens is 184 g/mol. The van der Waals surface area contributed by atoms with Crippen LogP contribution in [0.1, 0.15) is 58.3 Å². The van der Waals surface area contributed by atoms with Gasteiger partial charge in [-0.2, -0.15) is 0 Å². The first-order valence-corrected chi connectivity index (χ1v) is 6.49. The van der Waals surface area contributed by atoms with Gasteiger partial charge < -0.3 is 0 Å². The number of ketones is 1. The molecule has 0 spiro atoms. The van der Waals surface area contributed by atoms with Crippen molar-refractivity contribution in [2.75, 3.05) is 0 Å². The van der Waals surface area contributed by atoms with E-state index in [2.05, 4.69) is 13.0 Å². The molecular formula is C14H22O. The highest BCUT2D eigenvalue weighted by molar-refractivity contribution is 5.81. The Morgan fingerprint density at radius 3 is 2.93 bits per heavy atom. The van der Waals surface area contributed by atoms with Crippen LogP contribution in [0.15, 0.2) is 11.6 Å². The molecule has 1 heteroatoms. The molecule has 0 aromatic heterocycles. The topological polar surface area (TPSA) is 17.1 Å². The molecule has 0 unspecified atom stereocenters. The Morgan fingerprint density at radius 2 is 2.07 bits per heavy atom. The monoisotopic (exact) mass is 206 g/mol. The predicted octanol–water partition coefficient (Wildman–Crippen LogP) is 3.88. The fourth-order valence-corrected chi connectivity index (χ4v) is 2.91. The molecule has 0 bridgehead atoms. The number of Topliss-reactive ketones (excluding diaryl/α,β-unsaturated/α-hetero) is 1. The lowest BCUT2D eigenvalue weighted by Crippen LogP contribution is -2.18. The molecule has 0 aliphatic heterocycles. The third-order valence-corrected chi connectivity index (χ3v) is 4.05. The molecule has 0 heterocycles. The molecule has 2 rings (SSSR count). The van der Waals surface area contributed by atoms with Crippen LogP contribution in [0.2, 0.25) is 0 Å². The summed E-state index contributed by atoms with van der Waals surface area (Å²) in [5.74, 6) is 1.40. The van der Waals surface area contributed by atoms with Crippen molar-refractivity contribution in [3.63, 3.8) is 0 Å². The summed E-state index contributed by atoms with van der Waals surface area (Å²) in [6.45, 7) is 2.10. The minimum Gasteiger partial charge on any atom is -0.299 e. The molecule has 0 aromatic carbocycles. The standard InChI is InChI=1S/C14H22O/c1-11-6-5-9-12-7-3-2-4-8-13(12)10-14(11)15/h9,11,13H,2-8,10H2,1H3/b12-9-/t11-,13-/m0/s1. The highest BCUT2D eigenvalue weighted by Gasteiger charge is 2.24. The second kappa shape index (κ2) is 4.96. The number of hydrogen-bond acceptors (Lipinski definition) is 1. The molecule has 15 heavy (non-hydrogen) atoms. The van der Waals surface area contributed by atoms with Crippen molar-refractivity contribution >= 4 is 5.78 Å². The van der Waals surface area contributed by atoms with E-state index in [1.54, 1.807) is 5.57 Å². The number of fused-ring (bicyclic) bond motifs is 1. The van der Waals surface area contributed by atoms with E-state index in [1.807, 2.05) is 0 Å². The smallest absolute Gasteiger partial charge is 0.136 e. The summed E-state index contributed by atoms with van der Waals surface area (Å²) >= 11 is 0. The average Bonchev–Trinajstić information content (AvgIpc) is 2.42. The summed E-state index contributed by atoms with van der Waals surface area (Å²) in [6, 6.07) is 0. The molecule has 1 fully saturated rings. The molecule has 2 aliphatic carbocycles. The molecule has 84 valence electrons. The summed E-state index contributed by atoms with van der Waals surface area (Å²) in [5, 5.41) is 0. The van der Waals surface area contributed by atoms with Gasteiger partial charge in [0.25, 0.3) is 0 Å². The zero-order valence-electron chi connectivity index (χ0n) is 9.80. The van der Waals surface area contributed by atoms with Crippen LogP contribution in [0.25, 0.3) is 0 Å². The van der Waals surface area contributed by atoms with Crippen molar-refractivity contribution < 1.29 is 4.79 Å². The van der Waals surface area contributed by atoms with Gasteiger partial charge in [0.05, 0.1) is 0 Å². The van der Waals surface area contributed by atoms with Gasteiger partial charge in [-0.15, -0.1) is 0 Å². The lowest BCUT2D eigenvalue weighted by atomic mass is 9.82. The Hall–Kier alpha value is -0.590. The Kier molecular flexibility index (Phi) is 3.61. The van der Waals surface area contributed by atoms with Gasteiger partial charge in [0.2, 0.25) is 0 Å². The maximum Gasteiger partial charge on any atom is 0.136 e. The van der Waals surface area contributed by atoms with Gasteiger partial charge in [0.1, 0.15) is 5.78 Å². The van der Waals surface area contributed by atoms with Crippen molar-refractivity contribution in [1.82, 2.24) is 0 Å². The van der Waals surface area contributed by atoms with E-state index in [0.717, 1.165) is 19.3 Å². The number of hydrogen-bond donors (Lipinski definition) is 0. The van der Waals surface area contributed by atoms with Gasteiger partial charge in [-0.3, -0.25) is 4.79 Å². The van der Waals surface area contributed by atoms with Crippen molar-refractivity contribution in [3.8, 4) is 0 Å². The van der Waals surface area contributed by atoms with Crippen LogP contribution in [-0.2, 0) is 4.79 Å². The van der Waals surface area contributed by atoms with E-state index < -0.39 is 0 Å². The number of carbonyl (C=O) groups excluding carboxylic acids is 1. The molecule has 0 saturated heterocycles. The first-order valence-electron chi connectivity index (χ1n) is 6.49. The van der Waals surface area contributed by atoms with Gasteiger partial charge >= 0.3 is 0 Å². The number of rotatable bonds is 0. The summed E-state index contributed by atoms with van der Waals surface area (Å²) in [6.07, 6.45) is 12.0. The van der Waals surface area contributed by atoms with Crippen molar-refractivity contribution in [2.45, 2.75) is 58.3 Å². The van der Waals surface area contributed by atoms with E-state index in [9.17, 15) is 4.79 Å². The van der Waals surface area contributed by atoms with Gasteiger partial charge in [0, 0.05) is 12.3 Å². The molecule has 2 aliphatic rings. The summed E-state index contributed by atoms with van der Waals surface area (Å²) < 4.78 is 0. The van der Waals surface area contributed by atoms with Crippen molar-refractivity contribution in [1.29, 1.82) is 0 Å². The third kappa shape index (κ3) is 2.70. The average molecular weight is 206 g/mol. The maximum absolute atomic E-state index is 11.9. The zero-order chi connectivity index (χ0) is 10.7. The Labute approximate surface area is 92.9 Å². The van der Waals surface area contributed by atoms with E-state index in [-0.39, 0.29) is 0 Å². The highest BCUT2D eigenvalue weighted by atomic mass is 16.1. The molecule has 1 saturated carbocycles. The first-order chi connectivity index (χ1) is 7.27. The highest BCUT2D eigenvalue weighted by Crippen LogP contribution is 2.34. The van der Waals surface area contributed by atoms with Crippen LogP contribution in [0.3, 0.4) is 0 Å². The quantitative estimate of drug-likeness (QED) is 0.550. The van der Waals surface area contributed by atoms with Crippen molar-refractivity contribution in [2.24, 2.45) is 11.8 Å². The van der Waals surface area contributed by atoms with E-state index in [4.69, 9.17) is 0 Å². The van der Waals surface area contributed by atoms with Crippen LogP contribution in [0, 0.1) is 11.8 Å². The fourth-order valence-electron chi connectivity index (χ4n) is 2.91. The van der Waals surface area contributed by atoms with Crippen LogP contribution < -0.4 is 0 Å². The lowest BCUT2D eigenvalue weighted by Gasteiger charge is -2.22. The maximum atomic E-state index is 11.9. The van der Waals surface area contributed by atoms with Crippen LogP contribution >= 0.6 is 0 Å². The minimum absolute atomic E-state index is 0.297.